The molecular weight excluding hydrogens is 380 g/mol. The third kappa shape index (κ3) is 5.88. The fourth-order valence-corrected chi connectivity index (χ4v) is 3.69. The number of anilines is 1. The van der Waals surface area contributed by atoms with Crippen molar-refractivity contribution < 1.29 is 5.11 Å². The Morgan fingerprint density at radius 3 is 2.69 bits per heavy atom. The van der Waals surface area contributed by atoms with Crippen molar-refractivity contribution in [3.05, 3.63) is 101 Å². The average molecular weight is 405 g/mol. The van der Waals surface area contributed by atoms with Gasteiger partial charge in [0.1, 0.15) is 5.82 Å². The Morgan fingerprint density at radius 2 is 1.97 bits per heavy atom. The maximum Gasteiger partial charge on any atom is 0.131 e. The predicted molar refractivity (Wildman–Crippen MR) is 120 cm³/mol. The first kappa shape index (κ1) is 20.5. The second-order valence-electron chi connectivity index (χ2n) is 6.58. The number of nitrogens with two attached hydrogens (primary N) is 1. The van der Waals surface area contributed by atoms with Crippen molar-refractivity contribution in [2.75, 3.05) is 5.32 Å². The Kier molecular flexibility index (Phi) is 6.94. The fraction of sp³-hybridized carbons (Fsp3) is 0.130. The van der Waals surface area contributed by atoms with E-state index in [-0.39, 0.29) is 6.61 Å². The van der Waals surface area contributed by atoms with Crippen LogP contribution in [0.1, 0.15) is 23.1 Å². The van der Waals surface area contributed by atoms with Crippen LogP contribution in [-0.4, -0.2) is 15.1 Å². The van der Waals surface area contributed by atoms with Gasteiger partial charge in [-0.2, -0.15) is 0 Å². The van der Waals surface area contributed by atoms with Gasteiger partial charge in [-0.1, -0.05) is 36.9 Å². The summed E-state index contributed by atoms with van der Waals surface area (Å²) in [4.78, 5) is 10.2. The highest BCUT2D eigenvalue weighted by Gasteiger charge is 2.08. The molecule has 2 aromatic heterocycles. The van der Waals surface area contributed by atoms with E-state index >= 15 is 0 Å². The number of hydrogen-bond acceptors (Lipinski definition) is 6. The summed E-state index contributed by atoms with van der Waals surface area (Å²) in [5.74, 6) is 0.725. The van der Waals surface area contributed by atoms with Crippen LogP contribution in [-0.2, 0) is 13.0 Å². The topological polar surface area (TPSA) is 84.1 Å². The molecule has 0 fully saturated rings. The molecule has 3 rings (SSSR count). The molecule has 4 N–H and O–H groups in total. The first-order valence-electron chi connectivity index (χ1n) is 9.20. The number of aliphatic hydroxyl groups is 1. The van der Waals surface area contributed by atoms with Gasteiger partial charge in [0.05, 0.1) is 22.2 Å². The lowest BCUT2D eigenvalue weighted by molar-refractivity contribution is 0.282. The molecule has 0 spiro atoms. The Balaban J connectivity index is 1.70. The summed E-state index contributed by atoms with van der Waals surface area (Å²) >= 11 is 1.63. The maximum atomic E-state index is 9.15. The van der Waals surface area contributed by atoms with Crippen LogP contribution in [0.4, 0.5) is 5.82 Å². The van der Waals surface area contributed by atoms with Crippen LogP contribution in [0.5, 0.6) is 0 Å². The number of nitrogens with zero attached hydrogens (tertiary/aromatic N) is 2. The van der Waals surface area contributed by atoms with Crippen molar-refractivity contribution in [2.24, 2.45) is 5.73 Å². The van der Waals surface area contributed by atoms with E-state index in [2.05, 4.69) is 21.9 Å². The number of nitrogens with one attached hydrogen (secondary N) is 1. The molecule has 2 heterocycles. The molecule has 0 atom stereocenters. The second-order valence-corrected chi connectivity index (χ2v) is 7.69. The maximum absolute atomic E-state index is 9.15. The Morgan fingerprint density at radius 1 is 1.21 bits per heavy atom. The van der Waals surface area contributed by atoms with Gasteiger partial charge in [-0.05, 0) is 54.1 Å². The molecule has 0 saturated heterocycles. The zero-order valence-corrected chi connectivity index (χ0v) is 17.1. The predicted octanol–water partition coefficient (Wildman–Crippen LogP) is 4.63. The molecule has 0 aliphatic heterocycles. The molecule has 0 aliphatic carbocycles. The first-order valence-corrected chi connectivity index (χ1v) is 10.0. The lowest BCUT2D eigenvalue weighted by atomic mass is 10.1. The van der Waals surface area contributed by atoms with Gasteiger partial charge in [0.15, 0.2) is 0 Å². The molecule has 3 aromatic rings. The van der Waals surface area contributed by atoms with Gasteiger partial charge in [0, 0.05) is 18.3 Å². The van der Waals surface area contributed by atoms with Gasteiger partial charge < -0.3 is 16.2 Å². The molecule has 0 radical (unpaired) electrons. The highest BCUT2D eigenvalue weighted by atomic mass is 32.1. The van der Waals surface area contributed by atoms with Gasteiger partial charge in [0.2, 0.25) is 0 Å². The smallest absolute Gasteiger partial charge is 0.131 e. The van der Waals surface area contributed by atoms with Crippen LogP contribution in [0, 0.1) is 0 Å². The van der Waals surface area contributed by atoms with E-state index < -0.39 is 0 Å². The number of hydrogen-bond donors (Lipinski definition) is 3. The largest absolute Gasteiger partial charge is 0.405 e. The van der Waals surface area contributed by atoms with Crippen LogP contribution in [0.15, 0.2) is 84.9 Å². The number of pyridine rings is 1. The van der Waals surface area contributed by atoms with Gasteiger partial charge >= 0.3 is 0 Å². The summed E-state index contributed by atoms with van der Waals surface area (Å²) in [5.41, 5.74) is 10.1. The first-order chi connectivity index (χ1) is 14.1. The van der Waals surface area contributed by atoms with Crippen molar-refractivity contribution >= 4 is 17.2 Å². The van der Waals surface area contributed by atoms with Crippen LogP contribution < -0.4 is 11.1 Å². The molecular formula is C23H24N4OS. The molecule has 148 valence electrons. The van der Waals surface area contributed by atoms with Crippen molar-refractivity contribution in [3.8, 4) is 10.6 Å². The minimum atomic E-state index is 0.0588. The normalized spacial score (nSPS) is 11.7. The minimum absolute atomic E-state index is 0.0588. The molecule has 1 aromatic carbocycles. The zero-order chi connectivity index (χ0) is 20.6. The van der Waals surface area contributed by atoms with E-state index in [1.54, 1.807) is 11.3 Å². The molecule has 0 aliphatic rings. The van der Waals surface area contributed by atoms with E-state index in [0.29, 0.717) is 0 Å². The molecule has 0 amide bonds. The minimum Gasteiger partial charge on any atom is -0.405 e. The number of aromatic nitrogens is 2. The van der Waals surface area contributed by atoms with Crippen molar-refractivity contribution in [1.29, 1.82) is 0 Å². The van der Waals surface area contributed by atoms with E-state index in [1.165, 1.54) is 6.20 Å². The molecule has 6 heteroatoms. The molecule has 0 unspecified atom stereocenters. The standard InChI is InChI=1S/C23H24N4OS/c1-16(10-11-24)12-17(2)26-22-5-3-4-20(27-22)21-14-25-23(29-21)13-18-6-8-19(15-28)9-7-18/h3-12,14,28H,2,13,15,24H2,1H3,(H,26,27)/b11-10-,16-12-. The van der Waals surface area contributed by atoms with Gasteiger partial charge in [-0.15, -0.1) is 11.3 Å². The molecule has 0 bridgehead atoms. The van der Waals surface area contributed by atoms with E-state index in [9.17, 15) is 0 Å². The van der Waals surface area contributed by atoms with Gasteiger partial charge in [-0.3, -0.25) is 0 Å². The van der Waals surface area contributed by atoms with Crippen molar-refractivity contribution in [2.45, 2.75) is 20.0 Å². The van der Waals surface area contributed by atoms with Crippen LogP contribution in [0.2, 0.25) is 0 Å². The van der Waals surface area contributed by atoms with E-state index in [1.807, 2.05) is 67.7 Å². The third-order valence-corrected chi connectivity index (χ3v) is 5.19. The second kappa shape index (κ2) is 9.82. The summed E-state index contributed by atoms with van der Waals surface area (Å²) < 4.78 is 0. The fourth-order valence-electron chi connectivity index (χ4n) is 2.76. The quantitative estimate of drug-likeness (QED) is 0.477. The monoisotopic (exact) mass is 404 g/mol. The lowest BCUT2D eigenvalue weighted by Crippen LogP contribution is -1.98. The van der Waals surface area contributed by atoms with Gasteiger partial charge in [-0.25, -0.2) is 9.97 Å². The zero-order valence-electron chi connectivity index (χ0n) is 16.3. The number of benzene rings is 1. The van der Waals surface area contributed by atoms with E-state index in [4.69, 9.17) is 10.8 Å². The van der Waals surface area contributed by atoms with Crippen LogP contribution >= 0.6 is 11.3 Å². The molecule has 29 heavy (non-hydrogen) atoms. The summed E-state index contributed by atoms with van der Waals surface area (Å²) in [6, 6.07) is 13.8. The summed E-state index contributed by atoms with van der Waals surface area (Å²) in [6.45, 7) is 6.02. The Hall–Kier alpha value is -3.22. The SMILES string of the molecule is C=C(/C=C(C)\C=C/N)Nc1cccc(-c2cnc(Cc3ccc(CO)cc3)s2)n1. The highest BCUT2D eigenvalue weighted by Crippen LogP contribution is 2.27. The number of aliphatic hydroxyl groups excluding tert-OH is 1. The Bertz CT molecular complexity index is 1040. The van der Waals surface area contributed by atoms with Crippen LogP contribution in [0.25, 0.3) is 10.6 Å². The molecule has 0 saturated carbocycles. The average Bonchev–Trinajstić information content (AvgIpc) is 3.17. The van der Waals surface area contributed by atoms with Crippen molar-refractivity contribution in [3.63, 3.8) is 0 Å². The third-order valence-electron chi connectivity index (χ3n) is 4.17. The Labute approximate surface area is 175 Å². The number of thiazole rings is 1. The number of rotatable bonds is 8. The van der Waals surface area contributed by atoms with Crippen LogP contribution in [0.3, 0.4) is 0 Å². The lowest BCUT2D eigenvalue weighted by Gasteiger charge is -2.07. The van der Waals surface area contributed by atoms with Crippen molar-refractivity contribution in [1.82, 2.24) is 9.97 Å². The molecule has 5 nitrogen and oxygen atoms in total. The highest BCUT2D eigenvalue weighted by molar-refractivity contribution is 7.15. The summed E-state index contributed by atoms with van der Waals surface area (Å²) in [6.07, 6.45) is 7.83. The number of allylic oxidation sites excluding steroid dienone is 3. The summed E-state index contributed by atoms with van der Waals surface area (Å²) in [5, 5.41) is 13.4. The van der Waals surface area contributed by atoms with Gasteiger partial charge in [0.25, 0.3) is 0 Å². The van der Waals surface area contributed by atoms with E-state index in [0.717, 1.165) is 50.2 Å². The summed E-state index contributed by atoms with van der Waals surface area (Å²) in [7, 11) is 0.